The first-order valence-electron chi connectivity index (χ1n) is 8.04. The largest absolute Gasteiger partial charge is 0.395 e. The van der Waals surface area contributed by atoms with Crippen LogP contribution in [0.3, 0.4) is 0 Å². The maximum Gasteiger partial charge on any atom is 0.244 e. The number of nitrogens with zero attached hydrogens (tertiary/aromatic N) is 1. The lowest BCUT2D eigenvalue weighted by molar-refractivity contribution is -0.136. The van der Waals surface area contributed by atoms with E-state index < -0.39 is 0 Å². The molecule has 114 valence electrons. The average Bonchev–Trinajstić information content (AvgIpc) is 3.05. The molecule has 1 atom stereocenters. The molecule has 0 radical (unpaired) electrons. The van der Waals surface area contributed by atoms with Crippen LogP contribution >= 0.6 is 0 Å². The molecule has 3 rings (SSSR count). The van der Waals surface area contributed by atoms with E-state index in [0.29, 0.717) is 12.6 Å². The van der Waals surface area contributed by atoms with Gasteiger partial charge in [0, 0.05) is 19.1 Å². The molecule has 1 unspecified atom stereocenters. The number of hydrogen-bond acceptors (Lipinski definition) is 3. The number of rotatable bonds is 4. The summed E-state index contributed by atoms with van der Waals surface area (Å²) in [7, 11) is 0. The Morgan fingerprint density at radius 2 is 2.05 bits per heavy atom. The highest BCUT2D eigenvalue weighted by Crippen LogP contribution is 2.29. The van der Waals surface area contributed by atoms with Crippen LogP contribution in [-0.2, 0) is 11.2 Å². The fourth-order valence-electron chi connectivity index (χ4n) is 3.69. The number of amides is 1. The van der Waals surface area contributed by atoms with Crippen molar-refractivity contribution in [1.29, 1.82) is 0 Å². The number of aliphatic hydroxyl groups is 1. The Balaban J connectivity index is 1.83. The first-order chi connectivity index (χ1) is 10.3. The second kappa shape index (κ2) is 6.58. The third-order valence-corrected chi connectivity index (χ3v) is 4.75. The Morgan fingerprint density at radius 1 is 1.29 bits per heavy atom. The van der Waals surface area contributed by atoms with E-state index in [2.05, 4.69) is 17.4 Å². The quantitative estimate of drug-likeness (QED) is 0.885. The summed E-state index contributed by atoms with van der Waals surface area (Å²) in [6.07, 6.45) is 5.49. The summed E-state index contributed by atoms with van der Waals surface area (Å²) in [5.74, 6) is 0.128. The molecule has 1 amide bonds. The molecule has 1 saturated carbocycles. The molecule has 2 N–H and O–H groups in total. The summed E-state index contributed by atoms with van der Waals surface area (Å²) in [6, 6.07) is 8.26. The van der Waals surface area contributed by atoms with E-state index in [1.54, 1.807) is 0 Å². The first kappa shape index (κ1) is 14.5. The summed E-state index contributed by atoms with van der Waals surface area (Å²) in [4.78, 5) is 14.9. The Kier molecular flexibility index (Phi) is 4.56. The van der Waals surface area contributed by atoms with Crippen molar-refractivity contribution in [2.75, 3.05) is 19.7 Å². The van der Waals surface area contributed by atoms with Gasteiger partial charge in [0.25, 0.3) is 0 Å². The fourth-order valence-corrected chi connectivity index (χ4v) is 3.69. The van der Waals surface area contributed by atoms with Crippen LogP contribution in [0.25, 0.3) is 0 Å². The van der Waals surface area contributed by atoms with E-state index in [-0.39, 0.29) is 18.6 Å². The predicted octanol–water partition coefficient (Wildman–Crippen LogP) is 1.64. The molecule has 0 aromatic heterocycles. The maximum absolute atomic E-state index is 13.0. The second-order valence-corrected chi connectivity index (χ2v) is 6.03. The van der Waals surface area contributed by atoms with Crippen LogP contribution in [0.1, 0.15) is 42.9 Å². The molecule has 1 fully saturated rings. The van der Waals surface area contributed by atoms with Crippen molar-refractivity contribution < 1.29 is 9.90 Å². The molecular formula is C17H24N2O2. The Bertz CT molecular complexity index is 497. The van der Waals surface area contributed by atoms with E-state index in [1.807, 2.05) is 17.0 Å². The Hall–Kier alpha value is -1.39. The van der Waals surface area contributed by atoms with Crippen LogP contribution in [0.4, 0.5) is 0 Å². The average molecular weight is 288 g/mol. The highest BCUT2D eigenvalue weighted by atomic mass is 16.3. The molecule has 4 nitrogen and oxygen atoms in total. The van der Waals surface area contributed by atoms with Crippen LogP contribution in [0.5, 0.6) is 0 Å². The van der Waals surface area contributed by atoms with Gasteiger partial charge in [0.05, 0.1) is 6.61 Å². The van der Waals surface area contributed by atoms with Gasteiger partial charge in [-0.1, -0.05) is 37.1 Å². The molecule has 4 heteroatoms. The zero-order valence-corrected chi connectivity index (χ0v) is 12.4. The van der Waals surface area contributed by atoms with E-state index in [4.69, 9.17) is 0 Å². The Morgan fingerprint density at radius 3 is 2.81 bits per heavy atom. The van der Waals surface area contributed by atoms with Gasteiger partial charge < -0.3 is 15.3 Å². The lowest BCUT2D eigenvalue weighted by Gasteiger charge is -2.34. The molecule has 1 aromatic carbocycles. The van der Waals surface area contributed by atoms with E-state index in [1.165, 1.54) is 18.4 Å². The number of benzene rings is 1. The third kappa shape index (κ3) is 2.97. The molecule has 0 bridgehead atoms. The smallest absolute Gasteiger partial charge is 0.244 e. The normalized spacial score (nSPS) is 22.0. The van der Waals surface area contributed by atoms with Crippen molar-refractivity contribution >= 4 is 5.91 Å². The standard InChI is InChI=1S/C17H24N2O2/c20-12-11-19(14-6-2-3-7-14)17(21)16-15-8-4-1-5-13(15)9-10-18-16/h1,4-5,8,14,16,18,20H,2-3,6-7,9-12H2. The van der Waals surface area contributed by atoms with Gasteiger partial charge in [-0.3, -0.25) is 4.79 Å². The number of aliphatic hydroxyl groups excluding tert-OH is 1. The second-order valence-electron chi connectivity index (χ2n) is 6.03. The van der Waals surface area contributed by atoms with Gasteiger partial charge in [-0.05, 0) is 30.4 Å². The van der Waals surface area contributed by atoms with Crippen molar-refractivity contribution in [3.63, 3.8) is 0 Å². The van der Waals surface area contributed by atoms with Crippen molar-refractivity contribution in [3.8, 4) is 0 Å². The summed E-state index contributed by atoms with van der Waals surface area (Å²) >= 11 is 0. The lowest BCUT2D eigenvalue weighted by atomic mass is 9.93. The molecule has 0 saturated heterocycles. The van der Waals surface area contributed by atoms with Gasteiger partial charge in [0.2, 0.25) is 5.91 Å². The number of carbonyl (C=O) groups excluding carboxylic acids is 1. The molecule has 0 spiro atoms. The van der Waals surface area contributed by atoms with Crippen LogP contribution in [0, 0.1) is 0 Å². The molecule has 1 heterocycles. The minimum absolute atomic E-state index is 0.0383. The minimum Gasteiger partial charge on any atom is -0.395 e. The summed E-state index contributed by atoms with van der Waals surface area (Å²) in [6.45, 7) is 1.32. The van der Waals surface area contributed by atoms with Crippen molar-refractivity contribution in [1.82, 2.24) is 10.2 Å². The minimum atomic E-state index is -0.248. The van der Waals surface area contributed by atoms with E-state index in [9.17, 15) is 9.90 Å². The first-order valence-corrected chi connectivity index (χ1v) is 8.04. The van der Waals surface area contributed by atoms with Crippen LogP contribution in [0.2, 0.25) is 0 Å². The molecule has 21 heavy (non-hydrogen) atoms. The van der Waals surface area contributed by atoms with Gasteiger partial charge >= 0.3 is 0 Å². The fraction of sp³-hybridized carbons (Fsp3) is 0.588. The number of nitrogens with one attached hydrogen (secondary N) is 1. The Labute approximate surface area is 126 Å². The van der Waals surface area contributed by atoms with Gasteiger partial charge in [0.1, 0.15) is 6.04 Å². The van der Waals surface area contributed by atoms with Gasteiger partial charge in [-0.2, -0.15) is 0 Å². The van der Waals surface area contributed by atoms with Crippen molar-refractivity contribution in [2.24, 2.45) is 0 Å². The van der Waals surface area contributed by atoms with Gasteiger partial charge in [-0.15, -0.1) is 0 Å². The monoisotopic (exact) mass is 288 g/mol. The molecule has 2 aliphatic rings. The lowest BCUT2D eigenvalue weighted by Crippen LogP contribution is -2.48. The molecule has 1 aliphatic carbocycles. The van der Waals surface area contributed by atoms with Crippen LogP contribution < -0.4 is 5.32 Å². The highest BCUT2D eigenvalue weighted by Gasteiger charge is 2.33. The molecular weight excluding hydrogens is 264 g/mol. The third-order valence-electron chi connectivity index (χ3n) is 4.75. The van der Waals surface area contributed by atoms with E-state index >= 15 is 0 Å². The van der Waals surface area contributed by atoms with Crippen molar-refractivity contribution in [3.05, 3.63) is 35.4 Å². The van der Waals surface area contributed by atoms with Gasteiger partial charge in [-0.25, -0.2) is 0 Å². The zero-order chi connectivity index (χ0) is 14.7. The number of fused-ring (bicyclic) bond motifs is 1. The maximum atomic E-state index is 13.0. The molecule has 1 aliphatic heterocycles. The summed E-state index contributed by atoms with van der Waals surface area (Å²) in [5.41, 5.74) is 2.37. The topological polar surface area (TPSA) is 52.6 Å². The van der Waals surface area contributed by atoms with E-state index in [0.717, 1.165) is 31.4 Å². The van der Waals surface area contributed by atoms with Crippen LogP contribution in [0.15, 0.2) is 24.3 Å². The van der Waals surface area contributed by atoms with Crippen molar-refractivity contribution in [2.45, 2.75) is 44.2 Å². The number of hydrogen-bond donors (Lipinski definition) is 2. The SMILES string of the molecule is O=C(C1NCCc2ccccc21)N(CCO)C1CCCC1. The highest BCUT2D eigenvalue weighted by molar-refractivity contribution is 5.84. The number of carbonyl (C=O) groups is 1. The summed E-state index contributed by atoms with van der Waals surface area (Å²) < 4.78 is 0. The summed E-state index contributed by atoms with van der Waals surface area (Å²) in [5, 5.41) is 12.7. The van der Waals surface area contributed by atoms with Gasteiger partial charge in [0.15, 0.2) is 0 Å². The molecule has 1 aromatic rings. The van der Waals surface area contributed by atoms with Crippen LogP contribution in [-0.4, -0.2) is 41.7 Å². The predicted molar refractivity (Wildman–Crippen MR) is 81.9 cm³/mol. The zero-order valence-electron chi connectivity index (χ0n) is 12.4.